The highest BCUT2D eigenvalue weighted by Gasteiger charge is 2.14. The molecule has 2 rings (SSSR count). The van der Waals surface area contributed by atoms with Crippen LogP contribution in [-0.2, 0) is 13.1 Å². The van der Waals surface area contributed by atoms with Gasteiger partial charge in [0.1, 0.15) is 0 Å². The van der Waals surface area contributed by atoms with Gasteiger partial charge < -0.3 is 5.11 Å². The maximum Gasteiger partial charge on any atom is 0.359 e. The lowest BCUT2D eigenvalue weighted by atomic mass is 10.5. The second-order valence-electron chi connectivity index (χ2n) is 3.61. The molecule has 118 valence electrons. The topological polar surface area (TPSA) is 98.7 Å². The minimum absolute atomic E-state index is 0.107. The second kappa shape index (κ2) is 8.66. The number of carbonyl (C=O) groups is 1. The van der Waals surface area contributed by atoms with Crippen LogP contribution >= 0.6 is 39.1 Å². The molecule has 22 heavy (non-hydrogen) atoms. The van der Waals surface area contributed by atoms with Crippen LogP contribution in [0.2, 0.25) is 10.3 Å². The fourth-order valence-electron chi connectivity index (χ4n) is 1.16. The van der Waals surface area contributed by atoms with E-state index in [4.69, 9.17) is 28.3 Å². The number of allylic oxidation sites excluding steroid dienone is 2. The van der Waals surface area contributed by atoms with E-state index >= 15 is 0 Å². The molecule has 0 saturated heterocycles. The van der Waals surface area contributed by atoms with Gasteiger partial charge in [0.15, 0.2) is 14.9 Å². The Hall–Kier alpha value is -1.71. The van der Waals surface area contributed by atoms with Crippen molar-refractivity contribution < 1.29 is 9.90 Å². The van der Waals surface area contributed by atoms with E-state index in [1.54, 1.807) is 12.2 Å². The van der Waals surface area contributed by atoms with Gasteiger partial charge in [0.2, 0.25) is 5.69 Å². The van der Waals surface area contributed by atoms with Crippen LogP contribution in [0.1, 0.15) is 10.5 Å². The quantitative estimate of drug-likeness (QED) is 0.762. The van der Waals surface area contributed by atoms with Crippen LogP contribution in [0.4, 0.5) is 0 Å². The summed E-state index contributed by atoms with van der Waals surface area (Å²) in [5.74, 6) is -1.18. The van der Waals surface area contributed by atoms with E-state index in [1.165, 1.54) is 9.59 Å². The maximum atomic E-state index is 10.4. The van der Waals surface area contributed by atoms with Crippen molar-refractivity contribution in [1.82, 2.24) is 30.0 Å². The first-order valence-electron chi connectivity index (χ1n) is 5.70. The summed E-state index contributed by atoms with van der Waals surface area (Å²) in [5, 5.41) is 23.8. The van der Waals surface area contributed by atoms with Gasteiger partial charge in [-0.25, -0.2) is 4.79 Å². The third-order valence-electron chi connectivity index (χ3n) is 1.98. The van der Waals surface area contributed by atoms with Gasteiger partial charge in [0, 0.05) is 0 Å². The van der Waals surface area contributed by atoms with Crippen LogP contribution in [0.5, 0.6) is 0 Å². The van der Waals surface area contributed by atoms with Gasteiger partial charge >= 0.3 is 5.97 Å². The number of aromatic nitrogens is 6. The fourth-order valence-corrected chi connectivity index (χ4v) is 1.75. The molecule has 0 amide bonds. The molecule has 0 spiro atoms. The Balaban J connectivity index is 0.000000224. The van der Waals surface area contributed by atoms with Crippen molar-refractivity contribution in [2.45, 2.75) is 13.1 Å². The third-order valence-corrected chi connectivity index (χ3v) is 3.25. The van der Waals surface area contributed by atoms with Gasteiger partial charge in [-0.1, -0.05) is 35.4 Å². The van der Waals surface area contributed by atoms with E-state index in [1.807, 2.05) is 0 Å². The van der Waals surface area contributed by atoms with Gasteiger partial charge in [-0.05, 0) is 15.9 Å². The standard InChI is InChI=1S/C6H6ClN3O2.C5H5BrClN3/c1-2-3-10-8-4(6(11)12)5(7)9-10;1-2-3-10-8-4(6)5(7)9-10/h2H,1,3H2,(H,11,12);2H,1,3H2. The average Bonchev–Trinajstić information content (AvgIpc) is 2.95. The van der Waals surface area contributed by atoms with Crippen molar-refractivity contribution in [2.75, 3.05) is 0 Å². The minimum Gasteiger partial charge on any atom is -0.476 e. The van der Waals surface area contributed by atoms with E-state index < -0.39 is 5.97 Å². The number of carboxylic acids is 1. The summed E-state index contributed by atoms with van der Waals surface area (Å²) in [6.45, 7) is 7.90. The van der Waals surface area contributed by atoms with Gasteiger partial charge in [-0.3, -0.25) is 0 Å². The number of nitrogens with zero attached hydrogens (tertiary/aromatic N) is 6. The maximum absolute atomic E-state index is 10.4. The SMILES string of the molecule is C=CCn1nc(Cl)c(Br)n1.C=CCn1nc(Cl)c(C(=O)O)n1. The molecule has 11 heteroatoms. The van der Waals surface area contributed by atoms with E-state index in [2.05, 4.69) is 49.5 Å². The van der Waals surface area contributed by atoms with Gasteiger partial charge in [-0.2, -0.15) is 9.59 Å². The first-order chi connectivity index (χ1) is 10.4. The molecule has 0 saturated carbocycles. The smallest absolute Gasteiger partial charge is 0.359 e. The Morgan fingerprint density at radius 2 is 1.59 bits per heavy atom. The van der Waals surface area contributed by atoms with E-state index in [0.29, 0.717) is 22.8 Å². The highest BCUT2D eigenvalue weighted by atomic mass is 79.9. The first kappa shape index (κ1) is 18.3. The van der Waals surface area contributed by atoms with Crippen LogP contribution in [0.15, 0.2) is 29.9 Å². The minimum atomic E-state index is -1.18. The van der Waals surface area contributed by atoms with Gasteiger partial charge in [0.25, 0.3) is 0 Å². The molecule has 8 nitrogen and oxygen atoms in total. The van der Waals surface area contributed by atoms with Crippen LogP contribution in [-0.4, -0.2) is 41.1 Å². The molecule has 1 N–H and O–H groups in total. The molecule has 2 aromatic rings. The first-order valence-corrected chi connectivity index (χ1v) is 7.25. The molecule has 0 aliphatic heterocycles. The molecule has 0 aliphatic carbocycles. The summed E-state index contributed by atoms with van der Waals surface area (Å²) < 4.78 is 0.566. The van der Waals surface area contributed by atoms with E-state index in [0.717, 1.165) is 0 Å². The highest BCUT2D eigenvalue weighted by Crippen LogP contribution is 2.15. The van der Waals surface area contributed by atoms with Crippen molar-refractivity contribution in [2.24, 2.45) is 0 Å². The predicted octanol–water partition coefficient (Wildman–Crippen LogP) is 2.70. The molecule has 0 bridgehead atoms. The molecule has 0 aromatic carbocycles. The Labute approximate surface area is 144 Å². The zero-order valence-electron chi connectivity index (χ0n) is 11.2. The van der Waals surface area contributed by atoms with Crippen LogP contribution in [0, 0.1) is 0 Å². The molecular weight excluding hydrogens is 399 g/mol. The third kappa shape index (κ3) is 5.24. The largest absolute Gasteiger partial charge is 0.476 e. The van der Waals surface area contributed by atoms with Crippen molar-refractivity contribution >= 4 is 45.1 Å². The molecule has 2 aromatic heterocycles. The van der Waals surface area contributed by atoms with Crippen molar-refractivity contribution in [3.63, 3.8) is 0 Å². The predicted molar refractivity (Wildman–Crippen MR) is 85.1 cm³/mol. The summed E-state index contributed by atoms with van der Waals surface area (Å²) in [5.41, 5.74) is -0.237. The lowest BCUT2D eigenvalue weighted by molar-refractivity contribution is 0.0689. The summed E-state index contributed by atoms with van der Waals surface area (Å²) in [7, 11) is 0. The zero-order chi connectivity index (χ0) is 16.7. The zero-order valence-corrected chi connectivity index (χ0v) is 14.3. The van der Waals surface area contributed by atoms with Crippen LogP contribution < -0.4 is 0 Å². The fraction of sp³-hybridized carbons (Fsp3) is 0.182. The van der Waals surface area contributed by atoms with E-state index in [-0.39, 0.29) is 10.8 Å². The highest BCUT2D eigenvalue weighted by molar-refractivity contribution is 9.10. The van der Waals surface area contributed by atoms with Gasteiger partial charge in [-0.15, -0.1) is 33.6 Å². The summed E-state index contributed by atoms with van der Waals surface area (Å²) in [6.07, 6.45) is 3.24. The summed E-state index contributed by atoms with van der Waals surface area (Å²) in [4.78, 5) is 13.0. The molecule has 0 fully saturated rings. The Morgan fingerprint density at radius 3 is 1.95 bits per heavy atom. The number of aromatic carboxylic acids is 1. The van der Waals surface area contributed by atoms with Gasteiger partial charge in [0.05, 0.1) is 13.1 Å². The summed E-state index contributed by atoms with van der Waals surface area (Å²) >= 11 is 14.2. The Kier molecular flexibility index (Phi) is 7.22. The van der Waals surface area contributed by atoms with Crippen molar-refractivity contribution in [3.05, 3.63) is 45.9 Å². The molecule has 0 atom stereocenters. The molecule has 0 aliphatic rings. The lowest BCUT2D eigenvalue weighted by Gasteiger charge is -1.88. The lowest BCUT2D eigenvalue weighted by Crippen LogP contribution is -2.02. The Morgan fingerprint density at radius 1 is 1.09 bits per heavy atom. The second-order valence-corrected chi connectivity index (χ2v) is 5.08. The average molecular weight is 410 g/mol. The molecular formula is C11H11BrCl2N6O2. The normalized spacial score (nSPS) is 9.77. The number of rotatable bonds is 5. The van der Waals surface area contributed by atoms with Crippen LogP contribution in [0.3, 0.4) is 0 Å². The number of halogens is 3. The van der Waals surface area contributed by atoms with E-state index in [9.17, 15) is 4.79 Å². The monoisotopic (exact) mass is 408 g/mol. The van der Waals surface area contributed by atoms with Crippen LogP contribution in [0.25, 0.3) is 0 Å². The number of hydrogen-bond acceptors (Lipinski definition) is 5. The summed E-state index contributed by atoms with van der Waals surface area (Å²) in [6, 6.07) is 0. The molecule has 2 heterocycles. The Bertz CT molecular complexity index is 665. The number of hydrogen-bond donors (Lipinski definition) is 1. The molecule has 0 radical (unpaired) electrons. The number of carboxylic acid groups (broad SMARTS) is 1. The van der Waals surface area contributed by atoms with Crippen molar-refractivity contribution in [1.29, 1.82) is 0 Å². The molecule has 0 unspecified atom stereocenters. The van der Waals surface area contributed by atoms with Crippen molar-refractivity contribution in [3.8, 4) is 0 Å².